The molecule has 4 saturated carbocycles. The Morgan fingerprint density at radius 2 is 1.67 bits per heavy atom. The Morgan fingerprint density at radius 1 is 0.972 bits per heavy atom. The van der Waals surface area contributed by atoms with Crippen molar-refractivity contribution in [3.05, 3.63) is 0 Å². The number of aliphatic carboxylic acids is 1. The first-order valence-electron chi connectivity index (χ1n) is 14.4. The van der Waals surface area contributed by atoms with E-state index in [0.717, 1.165) is 38.5 Å². The molecule has 1 amide bonds. The van der Waals surface area contributed by atoms with Crippen molar-refractivity contribution in [3.63, 3.8) is 0 Å². The van der Waals surface area contributed by atoms with Crippen LogP contribution in [-0.4, -0.2) is 56.7 Å². The van der Waals surface area contributed by atoms with Crippen LogP contribution in [0.15, 0.2) is 0 Å². The molecule has 0 radical (unpaired) electrons. The Hall–Kier alpha value is -1.18. The molecule has 0 aliphatic heterocycles. The predicted molar refractivity (Wildman–Crippen MR) is 137 cm³/mol. The Bertz CT molecular complexity index is 833. The third-order valence-electron chi connectivity index (χ3n) is 11.6. The molecule has 7 heteroatoms. The largest absolute Gasteiger partial charge is 0.480 e. The molecule has 0 aromatic rings. The van der Waals surface area contributed by atoms with Gasteiger partial charge in [0.25, 0.3) is 0 Å². The highest BCUT2D eigenvalue weighted by Gasteiger charge is 2.65. The van der Waals surface area contributed by atoms with Crippen LogP contribution in [-0.2, 0) is 9.59 Å². The van der Waals surface area contributed by atoms with Crippen LogP contribution in [0.2, 0.25) is 0 Å². The Morgan fingerprint density at radius 3 is 2.31 bits per heavy atom. The van der Waals surface area contributed by atoms with Crippen molar-refractivity contribution in [2.24, 2.45) is 52.3 Å². The second-order valence-electron chi connectivity index (χ2n) is 13.7. The summed E-state index contributed by atoms with van der Waals surface area (Å²) in [5, 5.41) is 45.4. The molecule has 4 aliphatic carbocycles. The summed E-state index contributed by atoms with van der Waals surface area (Å²) >= 11 is 0. The number of fused-ring (bicyclic) bond motifs is 5. The number of amides is 1. The molecule has 5 N–H and O–H groups in total. The van der Waals surface area contributed by atoms with Gasteiger partial charge in [-0.1, -0.05) is 34.6 Å². The molecule has 4 aliphatic rings. The molecule has 0 unspecified atom stereocenters. The van der Waals surface area contributed by atoms with Crippen molar-refractivity contribution >= 4 is 11.9 Å². The number of rotatable bonds is 7. The molecule has 0 saturated heterocycles. The fourth-order valence-electron chi connectivity index (χ4n) is 9.45. The molecular weight excluding hydrogens is 458 g/mol. The van der Waals surface area contributed by atoms with Gasteiger partial charge in [-0.3, -0.25) is 4.79 Å². The molecule has 36 heavy (non-hydrogen) atoms. The number of aliphatic hydroxyl groups excluding tert-OH is 3. The molecule has 4 rings (SSSR count). The fourth-order valence-corrected chi connectivity index (χ4v) is 9.45. The minimum Gasteiger partial charge on any atom is -0.480 e. The number of hydrogen-bond acceptors (Lipinski definition) is 5. The SMILES string of the molecule is CC(C)[C@@H](NC(=O)CC[C@@H](C)[C@H]1CC[C@H]2[C@@H]3[C@H](O)C[C@@H]4C[C@H](O)CC[C@]4(C)[C@H]3C[C@H](O)[C@]12C)C(=O)O. The molecule has 0 aromatic carbocycles. The van der Waals surface area contributed by atoms with Gasteiger partial charge in [0.05, 0.1) is 18.3 Å². The van der Waals surface area contributed by atoms with Crippen LogP contribution in [0.3, 0.4) is 0 Å². The van der Waals surface area contributed by atoms with Gasteiger partial charge in [0.2, 0.25) is 5.91 Å². The number of carbonyl (C=O) groups excluding carboxylic acids is 1. The summed E-state index contributed by atoms with van der Waals surface area (Å²) in [4.78, 5) is 24.0. The number of hydrogen-bond donors (Lipinski definition) is 5. The van der Waals surface area contributed by atoms with E-state index in [1.54, 1.807) is 13.8 Å². The van der Waals surface area contributed by atoms with E-state index < -0.39 is 18.1 Å². The summed E-state index contributed by atoms with van der Waals surface area (Å²) in [6, 6.07) is -0.878. The van der Waals surface area contributed by atoms with E-state index in [9.17, 15) is 30.0 Å². The number of aliphatic hydroxyl groups is 3. The number of carboxylic acids is 1. The van der Waals surface area contributed by atoms with Crippen LogP contribution >= 0.6 is 0 Å². The van der Waals surface area contributed by atoms with Crippen molar-refractivity contribution in [2.45, 2.75) is 117 Å². The Kier molecular flexibility index (Phi) is 7.87. The average molecular weight is 508 g/mol. The van der Waals surface area contributed by atoms with E-state index in [2.05, 4.69) is 26.1 Å². The van der Waals surface area contributed by atoms with Gasteiger partial charge in [0.1, 0.15) is 6.04 Å². The highest BCUT2D eigenvalue weighted by Crippen LogP contribution is 2.68. The van der Waals surface area contributed by atoms with Crippen molar-refractivity contribution in [1.82, 2.24) is 5.32 Å². The number of carbonyl (C=O) groups is 2. The van der Waals surface area contributed by atoms with Crippen LogP contribution in [0.25, 0.3) is 0 Å². The van der Waals surface area contributed by atoms with Crippen molar-refractivity contribution < 1.29 is 30.0 Å². The molecule has 4 fully saturated rings. The lowest BCUT2D eigenvalue weighted by Gasteiger charge is -2.63. The monoisotopic (exact) mass is 507 g/mol. The summed E-state index contributed by atoms with van der Waals surface area (Å²) in [7, 11) is 0. The van der Waals surface area contributed by atoms with E-state index in [-0.39, 0.29) is 70.9 Å². The minimum absolute atomic E-state index is 0.0598. The van der Waals surface area contributed by atoms with E-state index >= 15 is 0 Å². The molecule has 0 aromatic heterocycles. The third-order valence-corrected chi connectivity index (χ3v) is 11.6. The molecule has 0 bridgehead atoms. The Balaban J connectivity index is 1.46. The standard InChI is InChI=1S/C29H49NO6/c1-15(2)26(27(35)36)30-24(34)9-6-16(3)19-7-8-20-25-21(14-23(33)29(19,20)5)28(4)11-10-18(31)12-17(28)13-22(25)32/h15-23,25-26,31-33H,6-14H2,1-5H3,(H,30,34)(H,35,36)/t16-,17+,18-,19-,20+,21+,22-,23+,25+,26-,28+,29-/m1/s1. The molecule has 12 atom stereocenters. The maximum Gasteiger partial charge on any atom is 0.326 e. The van der Waals surface area contributed by atoms with Gasteiger partial charge in [0, 0.05) is 6.42 Å². The highest BCUT2D eigenvalue weighted by atomic mass is 16.4. The van der Waals surface area contributed by atoms with Crippen LogP contribution in [0.1, 0.15) is 92.4 Å². The van der Waals surface area contributed by atoms with Crippen LogP contribution in [0.4, 0.5) is 0 Å². The summed E-state index contributed by atoms with van der Waals surface area (Å²) in [6.07, 6.45) is 5.79. The van der Waals surface area contributed by atoms with Crippen LogP contribution in [0.5, 0.6) is 0 Å². The fraction of sp³-hybridized carbons (Fsp3) is 0.931. The van der Waals surface area contributed by atoms with Crippen molar-refractivity contribution in [3.8, 4) is 0 Å². The zero-order valence-corrected chi connectivity index (χ0v) is 22.8. The normalized spacial score (nSPS) is 45.8. The lowest BCUT2D eigenvalue weighted by Crippen LogP contribution is -2.62. The van der Waals surface area contributed by atoms with Gasteiger partial charge in [0.15, 0.2) is 0 Å². The lowest BCUT2D eigenvalue weighted by molar-refractivity contribution is -0.207. The molecule has 0 heterocycles. The first kappa shape index (κ1) is 27.8. The van der Waals surface area contributed by atoms with Crippen molar-refractivity contribution in [1.29, 1.82) is 0 Å². The third kappa shape index (κ3) is 4.62. The van der Waals surface area contributed by atoms with Gasteiger partial charge in [-0.15, -0.1) is 0 Å². The van der Waals surface area contributed by atoms with E-state index in [1.165, 1.54) is 0 Å². The summed E-state index contributed by atoms with van der Waals surface area (Å²) in [6.45, 7) is 10.3. The average Bonchev–Trinajstić information content (AvgIpc) is 3.16. The molecule has 206 valence electrons. The Labute approximate surface area is 216 Å². The smallest absolute Gasteiger partial charge is 0.326 e. The quantitative estimate of drug-likeness (QED) is 0.358. The second-order valence-corrected chi connectivity index (χ2v) is 13.7. The maximum absolute atomic E-state index is 12.6. The van der Waals surface area contributed by atoms with E-state index in [4.69, 9.17) is 0 Å². The zero-order chi connectivity index (χ0) is 26.6. The zero-order valence-electron chi connectivity index (χ0n) is 22.8. The summed E-state index contributed by atoms with van der Waals surface area (Å²) in [5.74, 6) is 0.0761. The van der Waals surface area contributed by atoms with Gasteiger partial charge < -0.3 is 25.7 Å². The van der Waals surface area contributed by atoms with Gasteiger partial charge >= 0.3 is 5.97 Å². The first-order chi connectivity index (χ1) is 16.8. The van der Waals surface area contributed by atoms with Crippen LogP contribution < -0.4 is 5.32 Å². The van der Waals surface area contributed by atoms with Gasteiger partial charge in [-0.2, -0.15) is 0 Å². The molecule has 0 spiro atoms. The maximum atomic E-state index is 12.6. The number of nitrogens with one attached hydrogen (secondary N) is 1. The highest BCUT2D eigenvalue weighted by molar-refractivity contribution is 5.83. The van der Waals surface area contributed by atoms with Gasteiger partial charge in [-0.25, -0.2) is 4.79 Å². The summed E-state index contributed by atoms with van der Waals surface area (Å²) < 4.78 is 0. The molecular formula is C29H49NO6. The lowest BCUT2D eigenvalue weighted by atomic mass is 9.43. The number of carboxylic acid groups (broad SMARTS) is 1. The minimum atomic E-state index is -1.01. The van der Waals surface area contributed by atoms with Crippen molar-refractivity contribution in [2.75, 3.05) is 0 Å². The van der Waals surface area contributed by atoms with E-state index in [1.807, 2.05) is 0 Å². The van der Waals surface area contributed by atoms with Gasteiger partial charge in [-0.05, 0) is 104 Å². The summed E-state index contributed by atoms with van der Waals surface area (Å²) in [5.41, 5.74) is -0.235. The van der Waals surface area contributed by atoms with Crippen LogP contribution in [0, 0.1) is 52.3 Å². The first-order valence-corrected chi connectivity index (χ1v) is 14.4. The van der Waals surface area contributed by atoms with E-state index in [0.29, 0.717) is 18.8 Å². The predicted octanol–water partition coefficient (Wildman–Crippen LogP) is 3.59. The topological polar surface area (TPSA) is 127 Å². The second kappa shape index (κ2) is 10.2. The molecule has 7 nitrogen and oxygen atoms in total.